The van der Waals surface area contributed by atoms with Crippen LogP contribution in [0.4, 0.5) is 0 Å². The van der Waals surface area contributed by atoms with E-state index in [4.69, 9.17) is 0 Å². The molecule has 0 saturated heterocycles. The van der Waals surface area contributed by atoms with E-state index in [0.29, 0.717) is 0 Å². The topological polar surface area (TPSA) is 0 Å². The molecule has 0 N–H and O–H groups in total. The maximum atomic E-state index is 3.49. The van der Waals surface area contributed by atoms with E-state index in [2.05, 4.69) is 59.9 Å². The summed E-state index contributed by atoms with van der Waals surface area (Å²) in [4.78, 5) is 0. The van der Waals surface area contributed by atoms with Gasteiger partial charge in [0, 0.05) is 4.48 Å². The van der Waals surface area contributed by atoms with E-state index in [0.717, 1.165) is 10.9 Å². The van der Waals surface area contributed by atoms with Crippen LogP contribution in [-0.2, 0) is 0 Å². The second-order valence-electron chi connectivity index (χ2n) is 1.90. The summed E-state index contributed by atoms with van der Waals surface area (Å²) < 4.78 is 1.09. The van der Waals surface area contributed by atoms with Crippen LogP contribution in [0, 0.1) is 0 Å². The molecule has 0 radical (unpaired) electrons. The molecular formula is C6H5Br3. The zero-order valence-electron chi connectivity index (χ0n) is 4.57. The monoisotopic (exact) mass is 314 g/mol. The molecule has 0 bridgehead atoms. The summed E-state index contributed by atoms with van der Waals surface area (Å²) in [5, 5.41) is 0. The van der Waals surface area contributed by atoms with E-state index in [1.807, 2.05) is 6.08 Å². The minimum Gasteiger partial charge on any atom is -0.0809 e. The Balaban J connectivity index is 2.78. The maximum Gasteiger partial charge on any atom is 0.103 e. The molecule has 0 fully saturated rings. The van der Waals surface area contributed by atoms with Crippen molar-refractivity contribution in [3.8, 4) is 0 Å². The quantitative estimate of drug-likeness (QED) is 0.598. The molecule has 0 aromatic rings. The van der Waals surface area contributed by atoms with Crippen LogP contribution in [0.5, 0.6) is 0 Å². The van der Waals surface area contributed by atoms with Gasteiger partial charge in [-0.05, 0) is 12.5 Å². The second-order valence-corrected chi connectivity index (χ2v) is 6.71. The smallest absolute Gasteiger partial charge is 0.0809 e. The van der Waals surface area contributed by atoms with Gasteiger partial charge in [0.2, 0.25) is 0 Å². The van der Waals surface area contributed by atoms with Crippen molar-refractivity contribution < 1.29 is 0 Å². The Hall–Kier alpha value is 0.920. The average Bonchev–Trinajstić information content (AvgIpc) is 1.60. The molecule has 0 unspecified atom stereocenters. The Morgan fingerprint density at radius 1 is 1.44 bits per heavy atom. The second kappa shape index (κ2) is 2.89. The first-order valence-electron chi connectivity index (χ1n) is 2.53. The van der Waals surface area contributed by atoms with Crippen molar-refractivity contribution in [2.75, 3.05) is 0 Å². The van der Waals surface area contributed by atoms with Crippen molar-refractivity contribution in [2.24, 2.45) is 0 Å². The van der Waals surface area contributed by atoms with Crippen LogP contribution in [0.15, 0.2) is 22.7 Å². The first-order chi connectivity index (χ1) is 4.10. The summed E-state index contributed by atoms with van der Waals surface area (Å²) >= 11 is 10.4. The molecular weight excluding hydrogens is 312 g/mol. The lowest BCUT2D eigenvalue weighted by molar-refractivity contribution is 1.02. The number of alkyl halides is 2. The first-order valence-corrected chi connectivity index (χ1v) is 4.91. The Morgan fingerprint density at radius 3 is 2.44 bits per heavy atom. The van der Waals surface area contributed by atoms with Crippen molar-refractivity contribution in [3.05, 3.63) is 22.7 Å². The molecule has 0 amide bonds. The van der Waals surface area contributed by atoms with E-state index in [-0.39, 0.29) is 3.23 Å². The molecule has 0 aliphatic heterocycles. The summed E-state index contributed by atoms with van der Waals surface area (Å²) in [6.07, 6.45) is 7.21. The zero-order chi connectivity index (χ0) is 6.91. The molecule has 1 aliphatic carbocycles. The van der Waals surface area contributed by atoms with E-state index in [9.17, 15) is 0 Å². The fourth-order valence-electron chi connectivity index (χ4n) is 0.637. The molecule has 0 saturated carbocycles. The summed E-state index contributed by atoms with van der Waals surface area (Å²) in [6.45, 7) is 0. The van der Waals surface area contributed by atoms with E-state index < -0.39 is 0 Å². The molecule has 3 heteroatoms. The minimum absolute atomic E-state index is 0.0203. The lowest BCUT2D eigenvalue weighted by Crippen LogP contribution is -2.07. The number of halogens is 3. The van der Waals surface area contributed by atoms with Gasteiger partial charge < -0.3 is 0 Å². The van der Waals surface area contributed by atoms with Crippen molar-refractivity contribution in [3.63, 3.8) is 0 Å². The van der Waals surface area contributed by atoms with E-state index in [1.165, 1.54) is 0 Å². The third kappa shape index (κ3) is 2.56. The van der Waals surface area contributed by atoms with Gasteiger partial charge in [0.1, 0.15) is 3.23 Å². The van der Waals surface area contributed by atoms with E-state index in [1.54, 1.807) is 0 Å². The fourth-order valence-corrected chi connectivity index (χ4v) is 2.70. The Labute approximate surface area is 79.8 Å². The maximum absolute atomic E-state index is 3.49. The SMILES string of the molecule is BrC1=CC(Br)(Br)CC=C1. The van der Waals surface area contributed by atoms with Crippen molar-refractivity contribution >= 4 is 47.8 Å². The van der Waals surface area contributed by atoms with Gasteiger partial charge in [0.05, 0.1) is 0 Å². The Morgan fingerprint density at radius 2 is 2.11 bits per heavy atom. The van der Waals surface area contributed by atoms with Gasteiger partial charge >= 0.3 is 0 Å². The average molecular weight is 317 g/mol. The Bertz CT molecular complexity index is 167. The van der Waals surface area contributed by atoms with Gasteiger partial charge in [0.25, 0.3) is 0 Å². The Kier molecular flexibility index (Phi) is 2.57. The number of allylic oxidation sites excluding steroid dienone is 4. The zero-order valence-corrected chi connectivity index (χ0v) is 9.33. The third-order valence-electron chi connectivity index (χ3n) is 1.02. The fraction of sp³-hybridized carbons (Fsp3) is 0.333. The molecule has 0 atom stereocenters. The lowest BCUT2D eigenvalue weighted by Gasteiger charge is -2.16. The van der Waals surface area contributed by atoms with Gasteiger partial charge in [-0.1, -0.05) is 59.9 Å². The molecule has 1 aliphatic rings. The van der Waals surface area contributed by atoms with Gasteiger partial charge in [0.15, 0.2) is 0 Å². The predicted octanol–water partition coefficient (Wildman–Crippen LogP) is 3.71. The summed E-state index contributed by atoms with van der Waals surface area (Å²) in [6, 6.07) is 0. The molecule has 50 valence electrons. The van der Waals surface area contributed by atoms with Crippen LogP contribution in [0.2, 0.25) is 0 Å². The molecule has 0 aromatic carbocycles. The molecule has 0 heterocycles. The van der Waals surface area contributed by atoms with Crippen LogP contribution in [0.3, 0.4) is 0 Å². The molecule has 0 spiro atoms. The summed E-state index contributed by atoms with van der Waals surface area (Å²) in [5.41, 5.74) is 0. The van der Waals surface area contributed by atoms with Gasteiger partial charge in [-0.3, -0.25) is 0 Å². The number of rotatable bonds is 0. The van der Waals surface area contributed by atoms with Crippen LogP contribution in [0.1, 0.15) is 6.42 Å². The van der Waals surface area contributed by atoms with Crippen LogP contribution in [-0.4, -0.2) is 3.23 Å². The predicted molar refractivity (Wildman–Crippen MR) is 51.4 cm³/mol. The van der Waals surface area contributed by atoms with Crippen LogP contribution < -0.4 is 0 Å². The standard InChI is InChI=1S/C6H5Br3/c7-5-2-1-3-6(8,9)4-5/h1-2,4H,3H2. The van der Waals surface area contributed by atoms with Crippen molar-refractivity contribution in [1.29, 1.82) is 0 Å². The minimum atomic E-state index is -0.0203. The largest absolute Gasteiger partial charge is 0.103 e. The molecule has 0 nitrogen and oxygen atoms in total. The van der Waals surface area contributed by atoms with Gasteiger partial charge in [-0.25, -0.2) is 0 Å². The number of hydrogen-bond acceptors (Lipinski definition) is 0. The summed E-state index contributed by atoms with van der Waals surface area (Å²) in [7, 11) is 0. The third-order valence-corrected chi connectivity index (χ3v) is 2.61. The van der Waals surface area contributed by atoms with Gasteiger partial charge in [-0.2, -0.15) is 0 Å². The normalized spacial score (nSPS) is 23.7. The van der Waals surface area contributed by atoms with E-state index >= 15 is 0 Å². The van der Waals surface area contributed by atoms with Crippen LogP contribution >= 0.6 is 47.8 Å². The summed E-state index contributed by atoms with van der Waals surface area (Å²) in [5.74, 6) is 0. The lowest BCUT2D eigenvalue weighted by atomic mass is 10.2. The van der Waals surface area contributed by atoms with Gasteiger partial charge in [-0.15, -0.1) is 0 Å². The highest BCUT2D eigenvalue weighted by molar-refractivity contribution is 9.25. The van der Waals surface area contributed by atoms with Crippen LogP contribution in [0.25, 0.3) is 0 Å². The highest BCUT2D eigenvalue weighted by atomic mass is 79.9. The van der Waals surface area contributed by atoms with Crippen molar-refractivity contribution in [2.45, 2.75) is 9.65 Å². The molecule has 9 heavy (non-hydrogen) atoms. The number of hydrogen-bond donors (Lipinski definition) is 0. The molecule has 0 aromatic heterocycles. The highest BCUT2D eigenvalue weighted by Gasteiger charge is 2.19. The first kappa shape index (κ1) is 8.02. The van der Waals surface area contributed by atoms with Crippen molar-refractivity contribution in [1.82, 2.24) is 0 Å². The molecule has 1 rings (SSSR count). The highest BCUT2D eigenvalue weighted by Crippen LogP contribution is 2.37.